The lowest BCUT2D eigenvalue weighted by molar-refractivity contribution is 0.704. The van der Waals surface area contributed by atoms with Crippen molar-refractivity contribution in [1.29, 1.82) is 0 Å². The maximum atomic E-state index is 4.37. The summed E-state index contributed by atoms with van der Waals surface area (Å²) in [6.07, 6.45) is 3.66. The van der Waals surface area contributed by atoms with Crippen LogP contribution in [0.4, 0.5) is 0 Å². The van der Waals surface area contributed by atoms with Gasteiger partial charge in [-0.3, -0.25) is 0 Å². The van der Waals surface area contributed by atoms with Crippen LogP contribution in [0.1, 0.15) is 11.1 Å². The Morgan fingerprint density at radius 3 is 2.76 bits per heavy atom. The normalized spacial score (nSPS) is 10.9. The van der Waals surface area contributed by atoms with Crippen molar-refractivity contribution in [2.24, 2.45) is 0 Å². The van der Waals surface area contributed by atoms with Gasteiger partial charge in [0.15, 0.2) is 5.65 Å². The summed E-state index contributed by atoms with van der Waals surface area (Å²) in [5, 5.41) is 5.45. The van der Waals surface area contributed by atoms with Crippen LogP contribution in [0, 0.1) is 6.92 Å². The predicted octanol–water partition coefficient (Wildman–Crippen LogP) is 2.79. The second-order valence-corrected chi connectivity index (χ2v) is 4.20. The van der Waals surface area contributed by atoms with E-state index in [0.717, 1.165) is 17.6 Å². The van der Waals surface area contributed by atoms with E-state index in [-0.39, 0.29) is 0 Å². The van der Waals surface area contributed by atoms with E-state index >= 15 is 0 Å². The standard InChI is InChI=1S/C14H13N3/c1-11-4-6-12(7-5-11)10-17-14-13(9-16-17)3-2-8-15-14/h2-9H,10H2,1H3. The Bertz CT molecular complexity index is 638. The van der Waals surface area contributed by atoms with E-state index in [0.29, 0.717) is 0 Å². The summed E-state index contributed by atoms with van der Waals surface area (Å²) in [5.74, 6) is 0. The lowest BCUT2D eigenvalue weighted by atomic mass is 10.1. The zero-order valence-electron chi connectivity index (χ0n) is 9.67. The van der Waals surface area contributed by atoms with E-state index in [1.54, 1.807) is 6.20 Å². The van der Waals surface area contributed by atoms with Gasteiger partial charge in [0.25, 0.3) is 0 Å². The van der Waals surface area contributed by atoms with E-state index < -0.39 is 0 Å². The van der Waals surface area contributed by atoms with Gasteiger partial charge in [-0.25, -0.2) is 9.67 Å². The summed E-state index contributed by atoms with van der Waals surface area (Å²) in [5.41, 5.74) is 3.46. The molecule has 3 aromatic rings. The fourth-order valence-corrected chi connectivity index (χ4v) is 1.89. The zero-order chi connectivity index (χ0) is 11.7. The number of hydrogen-bond acceptors (Lipinski definition) is 2. The number of hydrogen-bond donors (Lipinski definition) is 0. The molecule has 0 fully saturated rings. The van der Waals surface area contributed by atoms with Crippen LogP contribution < -0.4 is 0 Å². The number of nitrogens with zero attached hydrogens (tertiary/aromatic N) is 3. The lowest BCUT2D eigenvalue weighted by Gasteiger charge is -2.03. The fourth-order valence-electron chi connectivity index (χ4n) is 1.89. The van der Waals surface area contributed by atoms with Crippen LogP contribution in [0.5, 0.6) is 0 Å². The Kier molecular flexibility index (Phi) is 2.37. The molecule has 0 bridgehead atoms. The molecule has 0 aliphatic rings. The number of fused-ring (bicyclic) bond motifs is 1. The minimum atomic E-state index is 0.765. The minimum absolute atomic E-state index is 0.765. The van der Waals surface area contributed by atoms with Crippen LogP contribution in [0.2, 0.25) is 0 Å². The van der Waals surface area contributed by atoms with Crippen LogP contribution in [0.15, 0.2) is 48.8 Å². The molecule has 84 valence electrons. The van der Waals surface area contributed by atoms with E-state index in [1.165, 1.54) is 11.1 Å². The molecule has 2 heterocycles. The summed E-state index contributed by atoms with van der Waals surface area (Å²) in [4.78, 5) is 4.36. The molecule has 0 aliphatic heterocycles. The van der Waals surface area contributed by atoms with Crippen molar-refractivity contribution in [2.45, 2.75) is 13.5 Å². The molecule has 0 unspecified atom stereocenters. The molecule has 0 N–H and O–H groups in total. The first-order valence-electron chi connectivity index (χ1n) is 5.65. The summed E-state index contributed by atoms with van der Waals surface area (Å²) in [7, 11) is 0. The van der Waals surface area contributed by atoms with Crippen molar-refractivity contribution in [3.8, 4) is 0 Å². The molecule has 2 aromatic heterocycles. The lowest BCUT2D eigenvalue weighted by Crippen LogP contribution is -2.02. The quantitative estimate of drug-likeness (QED) is 0.668. The topological polar surface area (TPSA) is 30.7 Å². The van der Waals surface area contributed by atoms with Crippen molar-refractivity contribution < 1.29 is 0 Å². The third-order valence-corrected chi connectivity index (χ3v) is 2.85. The van der Waals surface area contributed by atoms with Crippen molar-refractivity contribution in [2.75, 3.05) is 0 Å². The number of benzene rings is 1. The molecule has 0 radical (unpaired) electrons. The number of pyridine rings is 1. The molecule has 17 heavy (non-hydrogen) atoms. The molecule has 0 amide bonds. The van der Waals surface area contributed by atoms with E-state index in [9.17, 15) is 0 Å². The molecule has 0 spiro atoms. The van der Waals surface area contributed by atoms with E-state index in [1.807, 2.05) is 23.0 Å². The zero-order valence-corrected chi connectivity index (χ0v) is 9.67. The summed E-state index contributed by atoms with van der Waals surface area (Å²) in [6, 6.07) is 12.5. The van der Waals surface area contributed by atoms with Gasteiger partial charge < -0.3 is 0 Å². The predicted molar refractivity (Wildman–Crippen MR) is 67.8 cm³/mol. The maximum Gasteiger partial charge on any atom is 0.158 e. The fraction of sp³-hybridized carbons (Fsp3) is 0.143. The van der Waals surface area contributed by atoms with Gasteiger partial charge in [0, 0.05) is 11.6 Å². The molecule has 3 heteroatoms. The molecule has 1 aromatic carbocycles. The first-order chi connectivity index (χ1) is 8.33. The number of aromatic nitrogens is 3. The van der Waals surface area contributed by atoms with Gasteiger partial charge in [0.1, 0.15) is 0 Å². The summed E-state index contributed by atoms with van der Waals surface area (Å²) >= 11 is 0. The van der Waals surface area contributed by atoms with Gasteiger partial charge in [0.2, 0.25) is 0 Å². The molecular formula is C14H13N3. The number of aryl methyl sites for hydroxylation is 1. The van der Waals surface area contributed by atoms with Gasteiger partial charge >= 0.3 is 0 Å². The van der Waals surface area contributed by atoms with E-state index in [2.05, 4.69) is 41.3 Å². The monoisotopic (exact) mass is 223 g/mol. The van der Waals surface area contributed by atoms with Gasteiger partial charge in [-0.2, -0.15) is 5.10 Å². The van der Waals surface area contributed by atoms with Crippen molar-refractivity contribution in [1.82, 2.24) is 14.8 Å². The largest absolute Gasteiger partial charge is 0.243 e. The second-order valence-electron chi connectivity index (χ2n) is 4.20. The first kappa shape index (κ1) is 10.0. The van der Waals surface area contributed by atoms with Crippen LogP contribution >= 0.6 is 0 Å². The molecule has 0 saturated carbocycles. The number of rotatable bonds is 2. The molecule has 0 aliphatic carbocycles. The van der Waals surface area contributed by atoms with Gasteiger partial charge in [-0.1, -0.05) is 29.8 Å². The Labute approximate surface area is 99.7 Å². The SMILES string of the molecule is Cc1ccc(Cn2ncc3cccnc32)cc1. The van der Waals surface area contributed by atoms with Gasteiger partial charge in [-0.05, 0) is 24.6 Å². The van der Waals surface area contributed by atoms with Crippen molar-refractivity contribution in [3.63, 3.8) is 0 Å². The van der Waals surface area contributed by atoms with Crippen LogP contribution in [-0.4, -0.2) is 14.8 Å². The molecule has 3 rings (SSSR count). The highest BCUT2D eigenvalue weighted by molar-refractivity contribution is 5.73. The molecule has 0 saturated heterocycles. The van der Waals surface area contributed by atoms with Crippen LogP contribution in [-0.2, 0) is 6.54 Å². The highest BCUT2D eigenvalue weighted by Gasteiger charge is 2.03. The molecule has 3 nitrogen and oxygen atoms in total. The van der Waals surface area contributed by atoms with Crippen molar-refractivity contribution in [3.05, 3.63) is 59.9 Å². The highest BCUT2D eigenvalue weighted by Crippen LogP contribution is 2.12. The highest BCUT2D eigenvalue weighted by atomic mass is 15.3. The molecular weight excluding hydrogens is 210 g/mol. The third-order valence-electron chi connectivity index (χ3n) is 2.85. The average Bonchev–Trinajstić information content (AvgIpc) is 2.76. The Hall–Kier alpha value is -2.16. The second kappa shape index (κ2) is 4.01. The Morgan fingerprint density at radius 1 is 1.12 bits per heavy atom. The Balaban J connectivity index is 1.97. The third kappa shape index (κ3) is 1.91. The van der Waals surface area contributed by atoms with Gasteiger partial charge in [-0.15, -0.1) is 0 Å². The summed E-state index contributed by atoms with van der Waals surface area (Å²) < 4.78 is 1.93. The first-order valence-corrected chi connectivity index (χ1v) is 5.65. The van der Waals surface area contributed by atoms with E-state index in [4.69, 9.17) is 0 Å². The summed E-state index contributed by atoms with van der Waals surface area (Å²) in [6.45, 7) is 2.86. The van der Waals surface area contributed by atoms with Crippen molar-refractivity contribution >= 4 is 11.0 Å². The Morgan fingerprint density at radius 2 is 1.94 bits per heavy atom. The average molecular weight is 223 g/mol. The molecule has 0 atom stereocenters. The minimum Gasteiger partial charge on any atom is -0.243 e. The van der Waals surface area contributed by atoms with Crippen LogP contribution in [0.3, 0.4) is 0 Å². The smallest absolute Gasteiger partial charge is 0.158 e. The van der Waals surface area contributed by atoms with Crippen LogP contribution in [0.25, 0.3) is 11.0 Å². The maximum absolute atomic E-state index is 4.37. The van der Waals surface area contributed by atoms with Gasteiger partial charge in [0.05, 0.1) is 12.7 Å².